The number of rotatable bonds is 3. The maximum atomic E-state index is 11.1. The van der Waals surface area contributed by atoms with Gasteiger partial charge in [-0.15, -0.1) is 0 Å². The highest BCUT2D eigenvalue weighted by atomic mass is 32.2. The average molecular weight is 192 g/mol. The van der Waals surface area contributed by atoms with Crippen molar-refractivity contribution in [2.24, 2.45) is 5.14 Å². The highest BCUT2D eigenvalue weighted by Crippen LogP contribution is 2.16. The molecule has 1 atom stereocenters. The number of nitrogens with zero attached hydrogens (tertiary/aromatic N) is 1. The van der Waals surface area contributed by atoms with Gasteiger partial charge < -0.3 is 0 Å². The minimum atomic E-state index is -3.37. The molecule has 1 heterocycles. The molecule has 1 rings (SSSR count). The molecule has 12 heavy (non-hydrogen) atoms. The summed E-state index contributed by atoms with van der Waals surface area (Å²) in [7, 11) is -3.37. The molecule has 72 valence electrons. The zero-order valence-electron chi connectivity index (χ0n) is 7.36. The van der Waals surface area contributed by atoms with Crippen molar-refractivity contribution < 1.29 is 8.42 Å². The van der Waals surface area contributed by atoms with Crippen molar-refractivity contribution >= 4 is 10.0 Å². The van der Waals surface area contributed by atoms with Crippen LogP contribution in [-0.2, 0) is 10.0 Å². The molecule has 1 unspecified atom stereocenters. The Morgan fingerprint density at radius 1 is 1.42 bits per heavy atom. The van der Waals surface area contributed by atoms with Gasteiger partial charge in [0, 0.05) is 0 Å². The monoisotopic (exact) mass is 192 g/mol. The molecule has 1 saturated heterocycles. The Hall–Kier alpha value is -0.130. The van der Waals surface area contributed by atoms with Crippen molar-refractivity contribution in [3.8, 4) is 0 Å². The van der Waals surface area contributed by atoms with Gasteiger partial charge in [-0.05, 0) is 32.4 Å². The van der Waals surface area contributed by atoms with Crippen molar-refractivity contribution in [1.82, 2.24) is 4.90 Å². The Labute approximate surface area is 73.8 Å². The summed E-state index contributed by atoms with van der Waals surface area (Å²) in [5.74, 6) is 0. The fourth-order valence-corrected chi connectivity index (χ4v) is 2.82. The summed E-state index contributed by atoms with van der Waals surface area (Å²) < 4.78 is 22.2. The lowest BCUT2D eigenvalue weighted by Gasteiger charge is -2.23. The van der Waals surface area contributed by atoms with E-state index in [1.807, 2.05) is 11.8 Å². The second-order valence-electron chi connectivity index (χ2n) is 3.19. The Balaban J connectivity index is 2.68. The number of primary sulfonamides is 1. The van der Waals surface area contributed by atoms with Gasteiger partial charge in [-0.3, -0.25) is 4.90 Å². The van der Waals surface area contributed by atoms with Crippen LogP contribution in [0.5, 0.6) is 0 Å². The molecule has 4 nitrogen and oxygen atoms in total. The standard InChI is InChI=1S/C7H16N2O2S/c1-2-7(12(8,10)11)9-5-3-4-6-9/h7H,2-6H2,1H3,(H2,8,10,11). The molecule has 0 spiro atoms. The molecule has 2 N–H and O–H groups in total. The van der Waals surface area contributed by atoms with Crippen LogP contribution >= 0.6 is 0 Å². The van der Waals surface area contributed by atoms with E-state index in [0.29, 0.717) is 6.42 Å². The van der Waals surface area contributed by atoms with Gasteiger partial charge in [0.25, 0.3) is 0 Å². The van der Waals surface area contributed by atoms with E-state index in [0.717, 1.165) is 25.9 Å². The summed E-state index contributed by atoms with van der Waals surface area (Å²) in [5.41, 5.74) is 0. The van der Waals surface area contributed by atoms with E-state index in [2.05, 4.69) is 0 Å². The molecular weight excluding hydrogens is 176 g/mol. The fourth-order valence-electron chi connectivity index (χ4n) is 1.73. The smallest absolute Gasteiger partial charge is 0.225 e. The molecule has 1 fully saturated rings. The lowest BCUT2D eigenvalue weighted by atomic mass is 10.4. The van der Waals surface area contributed by atoms with Crippen molar-refractivity contribution in [3.63, 3.8) is 0 Å². The topological polar surface area (TPSA) is 63.4 Å². The number of sulfonamides is 1. The Bertz CT molecular complexity index is 232. The van der Waals surface area contributed by atoms with Gasteiger partial charge in [0.05, 0.1) is 0 Å². The summed E-state index contributed by atoms with van der Waals surface area (Å²) in [6.45, 7) is 3.59. The lowest BCUT2D eigenvalue weighted by Crippen LogP contribution is -2.42. The van der Waals surface area contributed by atoms with Gasteiger partial charge in [-0.1, -0.05) is 6.92 Å². The first-order valence-corrected chi connectivity index (χ1v) is 5.92. The van der Waals surface area contributed by atoms with E-state index in [1.54, 1.807) is 0 Å². The molecule has 0 bridgehead atoms. The molecule has 0 aromatic rings. The first-order valence-electron chi connectivity index (χ1n) is 4.31. The zero-order chi connectivity index (χ0) is 9.19. The fraction of sp³-hybridized carbons (Fsp3) is 1.00. The predicted octanol–water partition coefficient (Wildman–Crippen LogP) is 0.107. The summed E-state index contributed by atoms with van der Waals surface area (Å²) in [6, 6.07) is 0. The van der Waals surface area contributed by atoms with Crippen molar-refractivity contribution in [1.29, 1.82) is 0 Å². The highest BCUT2D eigenvalue weighted by Gasteiger charge is 2.28. The van der Waals surface area contributed by atoms with Gasteiger partial charge in [0.1, 0.15) is 5.37 Å². The van der Waals surface area contributed by atoms with E-state index in [4.69, 9.17) is 5.14 Å². The molecule has 0 radical (unpaired) electrons. The van der Waals surface area contributed by atoms with Crippen molar-refractivity contribution in [2.75, 3.05) is 13.1 Å². The highest BCUT2D eigenvalue weighted by molar-refractivity contribution is 7.89. The SMILES string of the molecule is CCC(N1CCCC1)S(N)(=O)=O. The molecule has 0 aromatic heterocycles. The van der Waals surface area contributed by atoms with Gasteiger partial charge in [-0.25, -0.2) is 13.6 Å². The second kappa shape index (κ2) is 3.72. The van der Waals surface area contributed by atoms with E-state index >= 15 is 0 Å². The van der Waals surface area contributed by atoms with Crippen LogP contribution in [0.4, 0.5) is 0 Å². The van der Waals surface area contributed by atoms with E-state index in [9.17, 15) is 8.42 Å². The van der Waals surface area contributed by atoms with Gasteiger partial charge in [0.15, 0.2) is 0 Å². The molecule has 0 saturated carbocycles. The third-order valence-electron chi connectivity index (χ3n) is 2.28. The normalized spacial score (nSPS) is 22.8. The van der Waals surface area contributed by atoms with Crippen LogP contribution in [0.2, 0.25) is 0 Å². The quantitative estimate of drug-likeness (QED) is 0.690. The van der Waals surface area contributed by atoms with Gasteiger partial charge in [0.2, 0.25) is 10.0 Å². The first kappa shape index (κ1) is 9.95. The van der Waals surface area contributed by atoms with Gasteiger partial charge >= 0.3 is 0 Å². The van der Waals surface area contributed by atoms with Crippen LogP contribution in [0.1, 0.15) is 26.2 Å². The minimum absolute atomic E-state index is 0.458. The van der Waals surface area contributed by atoms with Crippen LogP contribution in [-0.4, -0.2) is 31.8 Å². The molecule has 0 aromatic carbocycles. The van der Waals surface area contributed by atoms with E-state index < -0.39 is 15.4 Å². The van der Waals surface area contributed by atoms with Crippen molar-refractivity contribution in [3.05, 3.63) is 0 Å². The molecule has 0 amide bonds. The maximum Gasteiger partial charge on any atom is 0.225 e. The van der Waals surface area contributed by atoms with Gasteiger partial charge in [-0.2, -0.15) is 0 Å². The average Bonchev–Trinajstić information content (AvgIpc) is 2.38. The number of likely N-dealkylation sites (tertiary alicyclic amines) is 1. The maximum absolute atomic E-state index is 11.1. The molecule has 1 aliphatic rings. The Morgan fingerprint density at radius 2 is 1.92 bits per heavy atom. The predicted molar refractivity (Wildman–Crippen MR) is 48.0 cm³/mol. The molecular formula is C7H16N2O2S. The van der Waals surface area contributed by atoms with Crippen LogP contribution in [0, 0.1) is 0 Å². The summed E-state index contributed by atoms with van der Waals surface area (Å²) in [5, 5.41) is 4.64. The first-order chi connectivity index (χ1) is 5.55. The molecule has 5 heteroatoms. The Morgan fingerprint density at radius 3 is 2.25 bits per heavy atom. The molecule has 1 aliphatic heterocycles. The summed E-state index contributed by atoms with van der Waals surface area (Å²) >= 11 is 0. The number of hydrogen-bond acceptors (Lipinski definition) is 3. The molecule has 0 aliphatic carbocycles. The van der Waals surface area contributed by atoms with E-state index in [1.165, 1.54) is 0 Å². The van der Waals surface area contributed by atoms with Crippen LogP contribution < -0.4 is 5.14 Å². The van der Waals surface area contributed by atoms with E-state index in [-0.39, 0.29) is 0 Å². The number of nitrogens with two attached hydrogens (primary N) is 1. The summed E-state index contributed by atoms with van der Waals surface area (Å²) in [4.78, 5) is 1.95. The minimum Gasteiger partial charge on any atom is -0.286 e. The second-order valence-corrected chi connectivity index (χ2v) is 4.92. The third-order valence-corrected chi connectivity index (χ3v) is 3.67. The Kier molecular flexibility index (Phi) is 3.09. The van der Waals surface area contributed by atoms with Crippen LogP contribution in [0.25, 0.3) is 0 Å². The van der Waals surface area contributed by atoms with Crippen LogP contribution in [0.3, 0.4) is 0 Å². The largest absolute Gasteiger partial charge is 0.286 e. The van der Waals surface area contributed by atoms with Crippen molar-refractivity contribution in [2.45, 2.75) is 31.6 Å². The lowest BCUT2D eigenvalue weighted by molar-refractivity contribution is 0.298. The zero-order valence-corrected chi connectivity index (χ0v) is 8.18. The number of hydrogen-bond donors (Lipinski definition) is 1. The van der Waals surface area contributed by atoms with Crippen LogP contribution in [0.15, 0.2) is 0 Å². The summed E-state index contributed by atoms with van der Waals surface area (Å²) in [6.07, 6.45) is 2.76. The third kappa shape index (κ3) is 2.18.